The molecule has 0 radical (unpaired) electrons. The van der Waals surface area contributed by atoms with Crippen LogP contribution in [0.3, 0.4) is 0 Å². The van der Waals surface area contributed by atoms with Gasteiger partial charge in [0.05, 0.1) is 29.3 Å². The molecule has 0 atom stereocenters. The third-order valence-corrected chi connectivity index (χ3v) is 12.3. The van der Waals surface area contributed by atoms with E-state index in [2.05, 4.69) is 51.9 Å². The first kappa shape index (κ1) is 53.0. The number of likely N-dealkylation sites (tertiary alicyclic amines) is 1. The molecule has 69 heavy (non-hydrogen) atoms. The van der Waals surface area contributed by atoms with Crippen LogP contribution < -0.4 is 5.32 Å². The lowest BCUT2D eigenvalue weighted by atomic mass is 9.95. The highest BCUT2D eigenvalue weighted by atomic mass is 35.5. The molecule has 0 bridgehead atoms. The second-order valence-corrected chi connectivity index (χ2v) is 16.6. The minimum Gasteiger partial charge on any atom is -0.381 e. The number of benzene rings is 4. The van der Waals surface area contributed by atoms with Gasteiger partial charge >= 0.3 is 0 Å². The number of aromatic amines is 2. The fraction of sp³-hybridized carbons (Fsp3) is 0.321. The number of hydrogen-bond donors (Lipinski definition) is 3. The second-order valence-electron chi connectivity index (χ2n) is 16.3. The maximum Gasteiger partial charge on any atom is 0.295 e. The molecule has 3 fully saturated rings. The number of carbonyl (C=O) groups excluding carboxylic acids is 4. The minimum absolute atomic E-state index is 0.320. The maximum absolute atomic E-state index is 12.7. The zero-order valence-electron chi connectivity index (χ0n) is 39.9. The van der Waals surface area contributed by atoms with Crippen molar-refractivity contribution >= 4 is 67.4 Å². The van der Waals surface area contributed by atoms with Gasteiger partial charge in [-0.2, -0.15) is 5.26 Å². The topological polar surface area (TPSA) is 156 Å². The number of allylic oxidation sites excluding steroid dienone is 1. The molecule has 2 aromatic heterocycles. The third-order valence-electron chi connectivity index (χ3n) is 12.1. The van der Waals surface area contributed by atoms with E-state index in [1.807, 2.05) is 97.1 Å². The van der Waals surface area contributed by atoms with Crippen molar-refractivity contribution in [3.8, 4) is 6.07 Å². The average molecular weight is 949 g/mol. The molecule has 13 heteroatoms. The molecule has 3 saturated heterocycles. The van der Waals surface area contributed by atoms with Crippen LogP contribution in [0.1, 0.15) is 91.1 Å². The Bertz CT molecular complexity index is 2740. The zero-order chi connectivity index (χ0) is 49.4. The van der Waals surface area contributed by atoms with Gasteiger partial charge in [-0.3, -0.25) is 19.2 Å². The monoisotopic (exact) mass is 947 g/mol. The summed E-state index contributed by atoms with van der Waals surface area (Å²) < 4.78 is 4.94. The molecule has 5 heterocycles. The van der Waals surface area contributed by atoms with E-state index in [-0.39, 0.29) is 0 Å². The number of ketones is 2. The number of rotatable bonds is 9. The summed E-state index contributed by atoms with van der Waals surface area (Å²) in [6, 6.07) is 36.6. The summed E-state index contributed by atoms with van der Waals surface area (Å²) in [5.41, 5.74) is 8.22. The summed E-state index contributed by atoms with van der Waals surface area (Å²) in [6.45, 7) is 22.6. The number of H-pyrrole nitrogens is 2. The minimum atomic E-state index is -0.963. The smallest absolute Gasteiger partial charge is 0.295 e. The first-order valence-electron chi connectivity index (χ1n) is 23.7. The Morgan fingerprint density at radius 1 is 0.681 bits per heavy atom. The van der Waals surface area contributed by atoms with Crippen LogP contribution in [0.15, 0.2) is 133 Å². The predicted molar refractivity (Wildman–Crippen MR) is 276 cm³/mol. The number of nitrogens with zero attached hydrogens (tertiary/aromatic N) is 4. The normalized spacial score (nSPS) is 14.0. The van der Waals surface area contributed by atoms with E-state index >= 15 is 0 Å². The number of hydrogen-bond acceptors (Lipinski definition) is 8. The number of nitriles is 1. The van der Waals surface area contributed by atoms with E-state index < -0.39 is 22.7 Å². The molecule has 0 unspecified atom stereocenters. The number of para-hydroxylation sites is 2. The SMILES string of the molecule is C1CCOC1.CCN(CC)CC.N#CC(=C1CCNCC1)c1ccccc1.O=C(Cl)C(=O)c1c[nH]c2ccccc12.[C-]#[N+]C(=C1CCN(C(=O)C(=O)c2c[nH]c3ccccc23)CC1)c1ccccc1. The molecule has 0 spiro atoms. The van der Waals surface area contributed by atoms with E-state index in [4.69, 9.17) is 22.9 Å². The molecular weight excluding hydrogens is 886 g/mol. The van der Waals surface area contributed by atoms with Gasteiger partial charge in [-0.1, -0.05) is 123 Å². The lowest BCUT2D eigenvalue weighted by molar-refractivity contribution is -0.126. The molecule has 12 nitrogen and oxygen atoms in total. The van der Waals surface area contributed by atoms with Crippen LogP contribution in [0.25, 0.3) is 37.9 Å². The Balaban J connectivity index is 0.000000183. The van der Waals surface area contributed by atoms with Crippen molar-refractivity contribution in [2.45, 2.75) is 59.3 Å². The summed E-state index contributed by atoms with van der Waals surface area (Å²) in [7, 11) is 0. The Hall–Kier alpha value is -6.93. The van der Waals surface area contributed by atoms with Crippen LogP contribution in [-0.2, 0) is 14.3 Å². The summed E-state index contributed by atoms with van der Waals surface area (Å²) in [4.78, 5) is 61.1. The van der Waals surface area contributed by atoms with Gasteiger partial charge < -0.3 is 29.8 Å². The van der Waals surface area contributed by atoms with Crippen molar-refractivity contribution in [3.05, 3.63) is 166 Å². The van der Waals surface area contributed by atoms with Gasteiger partial charge in [0, 0.05) is 60.5 Å². The number of halogens is 1. The number of piperidine rings is 2. The Morgan fingerprint density at radius 2 is 1.16 bits per heavy atom. The fourth-order valence-electron chi connectivity index (χ4n) is 8.16. The third kappa shape index (κ3) is 15.3. The number of Topliss-reactive ketones (excluding diaryl/α,β-unsaturated/α-hetero) is 2. The highest BCUT2D eigenvalue weighted by Gasteiger charge is 2.28. The summed E-state index contributed by atoms with van der Waals surface area (Å²) in [6.07, 6.45) is 8.87. The molecule has 0 saturated carbocycles. The molecule has 9 rings (SSSR count). The second kappa shape index (κ2) is 28.4. The Morgan fingerprint density at radius 3 is 1.59 bits per heavy atom. The van der Waals surface area contributed by atoms with Crippen molar-refractivity contribution in [2.24, 2.45) is 0 Å². The number of carbonyl (C=O) groups is 4. The van der Waals surface area contributed by atoms with E-state index in [1.54, 1.807) is 23.2 Å². The maximum atomic E-state index is 12.7. The first-order chi connectivity index (χ1) is 33.6. The van der Waals surface area contributed by atoms with Crippen molar-refractivity contribution < 1.29 is 23.9 Å². The van der Waals surface area contributed by atoms with Gasteiger partial charge in [0.1, 0.15) is 0 Å². The molecule has 1 amide bonds. The van der Waals surface area contributed by atoms with E-state index in [0.29, 0.717) is 48.1 Å². The lowest BCUT2D eigenvalue weighted by Crippen LogP contribution is -2.40. The number of aromatic nitrogens is 2. The van der Waals surface area contributed by atoms with Crippen LogP contribution in [0.4, 0.5) is 0 Å². The molecule has 3 aliphatic heterocycles. The fourth-order valence-corrected chi connectivity index (χ4v) is 8.26. The van der Waals surface area contributed by atoms with Gasteiger partial charge in [-0.05, 0) is 112 Å². The zero-order valence-corrected chi connectivity index (χ0v) is 40.6. The van der Waals surface area contributed by atoms with Crippen LogP contribution in [0, 0.1) is 17.9 Å². The summed E-state index contributed by atoms with van der Waals surface area (Å²) in [5, 5.41) is 13.0. The Kier molecular flexibility index (Phi) is 21.8. The van der Waals surface area contributed by atoms with Gasteiger partial charge in [-0.15, -0.1) is 0 Å². The number of fused-ring (bicyclic) bond motifs is 2. The lowest BCUT2D eigenvalue weighted by Gasteiger charge is -2.28. The molecule has 4 aromatic carbocycles. The summed E-state index contributed by atoms with van der Waals surface area (Å²) >= 11 is 5.12. The van der Waals surface area contributed by atoms with E-state index in [1.165, 1.54) is 44.2 Å². The van der Waals surface area contributed by atoms with Gasteiger partial charge in [-0.25, -0.2) is 4.85 Å². The van der Waals surface area contributed by atoms with Crippen LogP contribution in [0.5, 0.6) is 0 Å². The molecule has 6 aromatic rings. The average Bonchev–Trinajstić information content (AvgIpc) is 4.22. The molecule has 3 N–H and O–H groups in total. The molecule has 0 aliphatic carbocycles. The molecular formula is C56H62ClN7O5. The van der Waals surface area contributed by atoms with E-state index in [0.717, 1.165) is 77.8 Å². The molecule has 358 valence electrons. The van der Waals surface area contributed by atoms with Crippen molar-refractivity contribution in [3.63, 3.8) is 0 Å². The van der Waals surface area contributed by atoms with Crippen LogP contribution in [-0.4, -0.2) is 102 Å². The number of ether oxygens (including phenoxy) is 1. The predicted octanol–water partition coefficient (Wildman–Crippen LogP) is 10.9. The quantitative estimate of drug-likeness (QED) is 0.0425. The van der Waals surface area contributed by atoms with Crippen LogP contribution >= 0.6 is 11.6 Å². The van der Waals surface area contributed by atoms with Crippen LogP contribution in [0.2, 0.25) is 0 Å². The number of amides is 1. The highest BCUT2D eigenvalue weighted by Crippen LogP contribution is 2.29. The standard InChI is InChI=1S/C23H19N3O2.C13H14N2.C10H6ClNO2.C6H15N.C4H8O/c1-24-21(16-7-3-2-4-8-16)17-11-13-26(14-12-17)23(28)22(27)19-15-25-20-10-6-5-9-18(19)20;14-10-13(11-4-2-1-3-5-11)12-6-8-15-9-7-12;11-10(14)9(13)7-5-12-8-4-2-1-3-6(7)8;1-4-7(5-2)6-3;1-2-4-5-3-1/h2-10,15,25H,11-14H2;1-5,15H,6-9H2;1-5,12H;4-6H2,1-3H3;1-4H2. The van der Waals surface area contributed by atoms with Gasteiger partial charge in [0.25, 0.3) is 16.9 Å². The van der Waals surface area contributed by atoms with Crippen molar-refractivity contribution in [1.82, 2.24) is 25.1 Å². The molecule has 3 aliphatic rings. The Labute approximate surface area is 410 Å². The van der Waals surface area contributed by atoms with Gasteiger partial charge in [0.15, 0.2) is 5.70 Å². The largest absolute Gasteiger partial charge is 0.381 e. The van der Waals surface area contributed by atoms with Gasteiger partial charge in [0.2, 0.25) is 5.78 Å². The number of nitrogens with one attached hydrogen (secondary N) is 3. The first-order valence-corrected chi connectivity index (χ1v) is 24.1. The van der Waals surface area contributed by atoms with Crippen molar-refractivity contribution in [1.29, 1.82) is 5.26 Å². The summed E-state index contributed by atoms with van der Waals surface area (Å²) in [5.74, 6) is -1.64. The van der Waals surface area contributed by atoms with E-state index in [9.17, 15) is 24.4 Å². The van der Waals surface area contributed by atoms with Crippen molar-refractivity contribution in [2.75, 3.05) is 59.0 Å². The highest BCUT2D eigenvalue weighted by molar-refractivity contribution is 6.83.